The summed E-state index contributed by atoms with van der Waals surface area (Å²) in [5.74, 6) is -1.06. The van der Waals surface area contributed by atoms with Crippen LogP contribution in [0.5, 0.6) is 0 Å². The van der Waals surface area contributed by atoms with Gasteiger partial charge in [0.05, 0.1) is 12.6 Å². The number of fused-ring (bicyclic) bond motifs is 1. The molecule has 1 aromatic carbocycles. The summed E-state index contributed by atoms with van der Waals surface area (Å²) < 4.78 is 0. The van der Waals surface area contributed by atoms with Gasteiger partial charge in [-0.15, -0.1) is 0 Å². The molecule has 9 nitrogen and oxygen atoms in total. The molecule has 2 heterocycles. The van der Waals surface area contributed by atoms with Crippen molar-refractivity contribution in [1.82, 2.24) is 15.1 Å². The molecule has 3 amide bonds. The number of amides is 3. The Kier molecular flexibility index (Phi) is 7.41. The van der Waals surface area contributed by atoms with Crippen LogP contribution in [0.2, 0.25) is 0 Å². The number of hydrogen-bond acceptors (Lipinski definition) is 6. The molecule has 0 spiro atoms. The van der Waals surface area contributed by atoms with Crippen molar-refractivity contribution >= 4 is 29.2 Å². The van der Waals surface area contributed by atoms with Crippen LogP contribution in [-0.2, 0) is 14.4 Å². The van der Waals surface area contributed by atoms with Crippen LogP contribution < -0.4 is 10.2 Å². The van der Waals surface area contributed by atoms with Crippen LogP contribution in [0, 0.1) is 5.92 Å². The number of ketones is 1. The molecule has 2 N–H and O–H groups in total. The van der Waals surface area contributed by atoms with Gasteiger partial charge in [-0.2, -0.15) is 0 Å². The molecule has 4 rings (SSSR count). The lowest BCUT2D eigenvalue weighted by Gasteiger charge is -2.31. The van der Waals surface area contributed by atoms with Gasteiger partial charge in [0.1, 0.15) is 17.7 Å². The van der Waals surface area contributed by atoms with Crippen molar-refractivity contribution in [3.63, 3.8) is 0 Å². The third-order valence-electron chi connectivity index (χ3n) is 7.75. The molecule has 1 aliphatic carbocycles. The highest BCUT2D eigenvalue weighted by Crippen LogP contribution is 2.37. The third kappa shape index (κ3) is 4.98. The Morgan fingerprint density at radius 1 is 1.11 bits per heavy atom. The maximum absolute atomic E-state index is 13.7. The van der Waals surface area contributed by atoms with Crippen LogP contribution in [0.3, 0.4) is 0 Å². The Morgan fingerprint density at radius 2 is 1.75 bits per heavy atom. The van der Waals surface area contributed by atoms with E-state index in [1.165, 1.54) is 4.90 Å². The number of hydrogen-bond donors (Lipinski definition) is 2. The largest absolute Gasteiger partial charge is 0.380 e. The van der Waals surface area contributed by atoms with Crippen LogP contribution in [0.4, 0.5) is 5.69 Å². The summed E-state index contributed by atoms with van der Waals surface area (Å²) in [7, 11) is 3.84. The van der Waals surface area contributed by atoms with Gasteiger partial charge < -0.3 is 25.1 Å². The van der Waals surface area contributed by atoms with Gasteiger partial charge in [0.2, 0.25) is 5.91 Å². The minimum absolute atomic E-state index is 0.0836. The van der Waals surface area contributed by atoms with Gasteiger partial charge in [-0.1, -0.05) is 13.8 Å². The quantitative estimate of drug-likeness (QED) is 0.591. The number of benzene rings is 1. The molecule has 2 saturated heterocycles. The van der Waals surface area contributed by atoms with E-state index in [4.69, 9.17) is 0 Å². The van der Waals surface area contributed by atoms with Crippen LogP contribution in [0.15, 0.2) is 24.3 Å². The summed E-state index contributed by atoms with van der Waals surface area (Å²) in [6.45, 7) is 4.22. The van der Waals surface area contributed by atoms with Crippen molar-refractivity contribution in [1.29, 1.82) is 0 Å². The van der Waals surface area contributed by atoms with E-state index in [0.717, 1.165) is 18.5 Å². The molecule has 0 radical (unpaired) electrons. The predicted octanol–water partition coefficient (Wildman–Crippen LogP) is 1.58. The van der Waals surface area contributed by atoms with Gasteiger partial charge in [-0.25, -0.2) is 0 Å². The minimum Gasteiger partial charge on any atom is -0.380 e. The first-order valence-electron chi connectivity index (χ1n) is 13.0. The first-order valence-corrected chi connectivity index (χ1v) is 13.0. The average molecular weight is 499 g/mol. The molecule has 2 aliphatic heterocycles. The van der Waals surface area contributed by atoms with E-state index >= 15 is 0 Å². The highest BCUT2D eigenvalue weighted by Gasteiger charge is 2.55. The normalized spacial score (nSPS) is 23.7. The lowest BCUT2D eigenvalue weighted by atomic mass is 9.99. The number of anilines is 1. The summed E-state index contributed by atoms with van der Waals surface area (Å²) >= 11 is 0. The first-order chi connectivity index (χ1) is 17.0. The van der Waals surface area contributed by atoms with E-state index in [9.17, 15) is 24.3 Å². The molecule has 3 unspecified atom stereocenters. The van der Waals surface area contributed by atoms with Crippen molar-refractivity contribution in [2.75, 3.05) is 32.1 Å². The van der Waals surface area contributed by atoms with Gasteiger partial charge >= 0.3 is 0 Å². The van der Waals surface area contributed by atoms with Gasteiger partial charge in [-0.05, 0) is 68.7 Å². The zero-order valence-electron chi connectivity index (χ0n) is 21.7. The molecular formula is C27H38N4O5. The number of likely N-dealkylation sites (tertiary alicyclic amines) is 2. The SMILES string of the molecule is CC(C)CC(NC(=O)c1ccc(N(C)C)cc1)C(=O)N1CCC2C1C(=O)CN2C(=O)C1(O)CCCC1. The number of aliphatic hydroxyl groups is 1. The fraction of sp³-hybridized carbons (Fsp3) is 0.630. The van der Waals surface area contributed by atoms with Crippen molar-refractivity contribution in [3.8, 4) is 0 Å². The summed E-state index contributed by atoms with van der Waals surface area (Å²) in [4.78, 5) is 57.8. The summed E-state index contributed by atoms with van der Waals surface area (Å²) in [5, 5.41) is 13.7. The Labute approximate surface area is 212 Å². The maximum Gasteiger partial charge on any atom is 0.255 e. The molecule has 9 heteroatoms. The zero-order valence-corrected chi connectivity index (χ0v) is 21.7. The van der Waals surface area contributed by atoms with E-state index in [1.54, 1.807) is 17.0 Å². The van der Waals surface area contributed by atoms with Crippen molar-refractivity contribution in [3.05, 3.63) is 29.8 Å². The number of Topliss-reactive ketones (excluding diaryl/α,β-unsaturated/α-hetero) is 1. The van der Waals surface area contributed by atoms with E-state index < -0.39 is 23.7 Å². The fourth-order valence-electron chi connectivity index (χ4n) is 5.83. The number of carbonyl (C=O) groups excluding carboxylic acids is 4. The second kappa shape index (κ2) is 10.2. The second-order valence-electron chi connectivity index (χ2n) is 11.1. The Bertz CT molecular complexity index is 1020. The van der Waals surface area contributed by atoms with Crippen molar-refractivity contribution in [2.45, 2.75) is 76.1 Å². The molecule has 3 atom stereocenters. The monoisotopic (exact) mass is 498 g/mol. The minimum atomic E-state index is -1.40. The van der Waals surface area contributed by atoms with Crippen molar-refractivity contribution < 1.29 is 24.3 Å². The molecule has 0 bridgehead atoms. The van der Waals surface area contributed by atoms with E-state index in [2.05, 4.69) is 5.32 Å². The van der Waals surface area contributed by atoms with Gasteiger partial charge in [0, 0.05) is 31.9 Å². The Hall–Kier alpha value is -2.94. The van der Waals surface area contributed by atoms with Gasteiger partial charge in [0.25, 0.3) is 11.8 Å². The lowest BCUT2D eigenvalue weighted by Crippen LogP contribution is -2.53. The number of rotatable bonds is 7. The van der Waals surface area contributed by atoms with Crippen LogP contribution in [-0.4, -0.2) is 89.3 Å². The predicted molar refractivity (Wildman–Crippen MR) is 136 cm³/mol. The third-order valence-corrected chi connectivity index (χ3v) is 7.75. The summed E-state index contributed by atoms with van der Waals surface area (Å²) in [6.07, 6.45) is 3.32. The Morgan fingerprint density at radius 3 is 2.33 bits per heavy atom. The standard InChI is InChI=1S/C27H38N4O5/c1-17(2)15-20(28-24(33)18-7-9-19(10-8-18)29(3)4)25(34)30-14-11-21-23(30)22(32)16-31(21)26(35)27(36)12-5-6-13-27/h7-10,17,20-21,23,36H,5-6,11-16H2,1-4H3,(H,28,33). The molecule has 3 aliphatic rings. The molecule has 0 aromatic heterocycles. The molecular weight excluding hydrogens is 460 g/mol. The summed E-state index contributed by atoms with van der Waals surface area (Å²) in [6, 6.07) is 5.23. The first kappa shape index (κ1) is 26.1. The molecule has 36 heavy (non-hydrogen) atoms. The Balaban J connectivity index is 1.49. The van der Waals surface area contributed by atoms with E-state index in [-0.39, 0.29) is 36.0 Å². The summed E-state index contributed by atoms with van der Waals surface area (Å²) in [5.41, 5.74) is 0.0219. The molecule has 196 valence electrons. The highest BCUT2D eigenvalue weighted by molar-refractivity contribution is 6.01. The molecule has 3 fully saturated rings. The molecule has 1 aromatic rings. The van der Waals surface area contributed by atoms with Gasteiger partial charge in [0.15, 0.2) is 5.78 Å². The number of nitrogens with zero attached hydrogens (tertiary/aromatic N) is 3. The average Bonchev–Trinajstić information content (AvgIpc) is 3.55. The zero-order chi connectivity index (χ0) is 26.2. The topological polar surface area (TPSA) is 110 Å². The van der Waals surface area contributed by atoms with E-state index in [0.29, 0.717) is 37.8 Å². The van der Waals surface area contributed by atoms with Gasteiger partial charge in [-0.3, -0.25) is 19.2 Å². The fourth-order valence-corrected chi connectivity index (χ4v) is 5.83. The second-order valence-corrected chi connectivity index (χ2v) is 11.1. The van der Waals surface area contributed by atoms with E-state index in [1.807, 2.05) is 45.0 Å². The smallest absolute Gasteiger partial charge is 0.255 e. The maximum atomic E-state index is 13.7. The van der Waals surface area contributed by atoms with Crippen LogP contribution >= 0.6 is 0 Å². The van der Waals surface area contributed by atoms with Crippen LogP contribution in [0.1, 0.15) is 62.7 Å². The van der Waals surface area contributed by atoms with Crippen LogP contribution in [0.25, 0.3) is 0 Å². The number of carbonyl (C=O) groups is 4. The van der Waals surface area contributed by atoms with Crippen molar-refractivity contribution in [2.24, 2.45) is 5.92 Å². The molecule has 1 saturated carbocycles. The lowest BCUT2D eigenvalue weighted by molar-refractivity contribution is -0.152. The number of nitrogens with one attached hydrogen (secondary N) is 1. The highest BCUT2D eigenvalue weighted by atomic mass is 16.3.